The lowest BCUT2D eigenvalue weighted by Crippen LogP contribution is -2.56. The van der Waals surface area contributed by atoms with Gasteiger partial charge in [-0.2, -0.15) is 13.2 Å². The zero-order chi connectivity index (χ0) is 26.7. The van der Waals surface area contributed by atoms with Crippen molar-refractivity contribution in [3.05, 3.63) is 52.6 Å². The number of nitrogens with zero attached hydrogens (tertiary/aromatic N) is 3. The summed E-state index contributed by atoms with van der Waals surface area (Å²) in [6, 6.07) is 6.45. The van der Waals surface area contributed by atoms with Gasteiger partial charge < -0.3 is 14.8 Å². The Labute approximate surface area is 211 Å². The van der Waals surface area contributed by atoms with E-state index < -0.39 is 43.4 Å². The van der Waals surface area contributed by atoms with Crippen LogP contribution in [0.15, 0.2) is 30.5 Å². The average Bonchev–Trinajstić information content (AvgIpc) is 3.44. The molecule has 2 aromatic rings. The Balaban J connectivity index is 1.52. The fraction of sp³-hybridized carbons (Fsp3) is 0.522. The lowest BCUT2D eigenvalue weighted by molar-refractivity contribution is -0.153. The summed E-state index contributed by atoms with van der Waals surface area (Å²) in [6.07, 6.45) is -3.63. The molecule has 0 saturated heterocycles. The molecule has 196 valence electrons. The molecule has 1 aliphatic heterocycles. The molecule has 8 nitrogen and oxygen atoms in total. The van der Waals surface area contributed by atoms with E-state index in [0.717, 1.165) is 5.56 Å². The van der Waals surface area contributed by atoms with Crippen LogP contribution in [0.3, 0.4) is 0 Å². The number of aromatic nitrogens is 2. The second-order valence-electron chi connectivity index (χ2n) is 9.88. The number of hydrogen-bond donors (Lipinski definition) is 1. The fourth-order valence-electron chi connectivity index (χ4n) is 4.47. The number of imidazole rings is 1. The van der Waals surface area contributed by atoms with Crippen molar-refractivity contribution in [1.82, 2.24) is 19.8 Å². The highest BCUT2D eigenvalue weighted by atomic mass is 35.5. The molecule has 2 heterocycles. The third-order valence-corrected chi connectivity index (χ3v) is 10.5. The lowest BCUT2D eigenvalue weighted by Gasteiger charge is -2.38. The summed E-state index contributed by atoms with van der Waals surface area (Å²) in [5, 5.41) is 3.30. The number of benzene rings is 1. The van der Waals surface area contributed by atoms with Crippen LogP contribution in [0, 0.1) is 0 Å². The highest BCUT2D eigenvalue weighted by Gasteiger charge is 2.68. The Morgan fingerprint density at radius 1 is 1.22 bits per heavy atom. The number of alkyl halides is 3. The van der Waals surface area contributed by atoms with Gasteiger partial charge in [0.2, 0.25) is 0 Å². The molecule has 2 aliphatic rings. The van der Waals surface area contributed by atoms with Gasteiger partial charge in [-0.05, 0) is 51.3 Å². The Morgan fingerprint density at radius 3 is 2.39 bits per heavy atom. The number of sulfone groups is 1. The zero-order valence-electron chi connectivity index (χ0n) is 19.9. The molecular formula is C23H26ClF3N4O4S. The number of nitrogens with one attached hydrogen (secondary N) is 1. The van der Waals surface area contributed by atoms with Gasteiger partial charge >= 0.3 is 6.18 Å². The smallest absolute Gasteiger partial charge is 0.345 e. The molecule has 1 saturated carbocycles. The first-order chi connectivity index (χ1) is 16.6. The molecule has 1 aromatic heterocycles. The van der Waals surface area contributed by atoms with Crippen LogP contribution in [-0.4, -0.2) is 63.4 Å². The van der Waals surface area contributed by atoms with Gasteiger partial charge in [0.15, 0.2) is 20.4 Å². The quantitative estimate of drug-likeness (QED) is 0.570. The molecule has 36 heavy (non-hydrogen) atoms. The van der Waals surface area contributed by atoms with Crippen LogP contribution in [0.1, 0.15) is 66.3 Å². The van der Waals surface area contributed by atoms with E-state index in [1.54, 1.807) is 31.2 Å². The van der Waals surface area contributed by atoms with Crippen molar-refractivity contribution < 1.29 is 31.2 Å². The first-order valence-corrected chi connectivity index (χ1v) is 13.2. The van der Waals surface area contributed by atoms with Gasteiger partial charge in [-0.25, -0.2) is 13.4 Å². The first kappa shape index (κ1) is 26.5. The maximum atomic E-state index is 13.6. The normalized spacial score (nSPS) is 19.7. The van der Waals surface area contributed by atoms with E-state index in [-0.39, 0.29) is 44.0 Å². The van der Waals surface area contributed by atoms with E-state index in [1.165, 1.54) is 15.7 Å². The molecule has 2 amide bonds. The van der Waals surface area contributed by atoms with Crippen molar-refractivity contribution in [2.45, 2.75) is 61.9 Å². The van der Waals surface area contributed by atoms with E-state index in [4.69, 9.17) is 11.6 Å². The molecule has 1 fully saturated rings. The van der Waals surface area contributed by atoms with Crippen LogP contribution >= 0.6 is 11.6 Å². The average molecular weight is 547 g/mol. The molecule has 0 radical (unpaired) electrons. The van der Waals surface area contributed by atoms with Gasteiger partial charge in [0.05, 0.1) is 17.0 Å². The predicted molar refractivity (Wildman–Crippen MR) is 126 cm³/mol. The predicted octanol–water partition coefficient (Wildman–Crippen LogP) is 3.77. The highest BCUT2D eigenvalue weighted by molar-refractivity contribution is 7.94. The topological polar surface area (TPSA) is 101 Å². The van der Waals surface area contributed by atoms with E-state index in [9.17, 15) is 31.2 Å². The Kier molecular flexibility index (Phi) is 6.44. The molecule has 0 bridgehead atoms. The van der Waals surface area contributed by atoms with Crippen LogP contribution < -0.4 is 5.32 Å². The summed E-state index contributed by atoms with van der Waals surface area (Å²) >= 11 is 5.87. The minimum Gasteiger partial charge on any atom is -0.345 e. The second-order valence-corrected chi connectivity index (χ2v) is 13.2. The molecule has 4 rings (SSSR count). The van der Waals surface area contributed by atoms with Gasteiger partial charge in [-0.1, -0.05) is 23.7 Å². The molecule has 0 spiro atoms. The minimum atomic E-state index is -4.95. The van der Waals surface area contributed by atoms with Gasteiger partial charge in [-0.15, -0.1) is 0 Å². The number of halogens is 4. The summed E-state index contributed by atoms with van der Waals surface area (Å²) < 4.78 is 63.7. The summed E-state index contributed by atoms with van der Waals surface area (Å²) in [6.45, 7) is 2.95. The number of carbonyl (C=O) groups excluding carboxylic acids is 2. The van der Waals surface area contributed by atoms with Crippen molar-refractivity contribution in [2.24, 2.45) is 0 Å². The van der Waals surface area contributed by atoms with Crippen molar-refractivity contribution in [3.8, 4) is 0 Å². The Morgan fingerprint density at radius 2 is 1.83 bits per heavy atom. The Hall–Kier alpha value is -2.60. The monoisotopic (exact) mass is 546 g/mol. The van der Waals surface area contributed by atoms with Crippen LogP contribution in [0.2, 0.25) is 5.02 Å². The number of amides is 2. The van der Waals surface area contributed by atoms with E-state index in [1.807, 2.05) is 0 Å². The summed E-state index contributed by atoms with van der Waals surface area (Å²) in [4.78, 5) is 31.4. The first-order valence-electron chi connectivity index (χ1n) is 11.3. The lowest BCUT2D eigenvalue weighted by atomic mass is 10.1. The van der Waals surface area contributed by atoms with Crippen LogP contribution in [-0.2, 0) is 16.4 Å². The van der Waals surface area contributed by atoms with Crippen LogP contribution in [0.5, 0.6) is 0 Å². The van der Waals surface area contributed by atoms with Crippen LogP contribution in [0.4, 0.5) is 13.2 Å². The number of fused-ring (bicyclic) bond motifs is 1. The van der Waals surface area contributed by atoms with E-state index in [0.29, 0.717) is 18.9 Å². The Bertz CT molecular complexity index is 1300. The highest BCUT2D eigenvalue weighted by Crippen LogP contribution is 2.53. The largest absolute Gasteiger partial charge is 0.407 e. The SMILES string of the molecule is C[C@H]1CN(CC2(S(=O)(=O)C(C)(C)C(F)(F)F)CC2)C(=O)c2cnc(C(=O)NCc3ccc(Cl)cc3)n21. The van der Waals surface area contributed by atoms with E-state index in [2.05, 4.69) is 10.3 Å². The third-order valence-electron chi connectivity index (χ3n) is 7.01. The summed E-state index contributed by atoms with van der Waals surface area (Å²) in [5.41, 5.74) is 0.889. The summed E-state index contributed by atoms with van der Waals surface area (Å²) in [7, 11) is -4.66. The number of rotatable bonds is 7. The van der Waals surface area contributed by atoms with E-state index >= 15 is 0 Å². The second kappa shape index (κ2) is 8.76. The van der Waals surface area contributed by atoms with Gasteiger partial charge in [0, 0.05) is 24.7 Å². The molecule has 0 unspecified atom stereocenters. The fourth-order valence-corrected chi connectivity index (χ4v) is 6.95. The maximum Gasteiger partial charge on any atom is 0.407 e. The van der Waals surface area contributed by atoms with Crippen molar-refractivity contribution in [2.75, 3.05) is 13.1 Å². The van der Waals surface area contributed by atoms with Crippen molar-refractivity contribution in [3.63, 3.8) is 0 Å². The summed E-state index contributed by atoms with van der Waals surface area (Å²) in [5.74, 6) is -1.06. The molecule has 1 aliphatic carbocycles. The maximum absolute atomic E-state index is 13.6. The zero-order valence-corrected chi connectivity index (χ0v) is 21.5. The molecule has 13 heteroatoms. The number of carbonyl (C=O) groups is 2. The van der Waals surface area contributed by atoms with Gasteiger partial charge in [0.1, 0.15) is 5.69 Å². The minimum absolute atomic E-state index is 0.0198. The third kappa shape index (κ3) is 4.27. The van der Waals surface area contributed by atoms with Crippen LogP contribution in [0.25, 0.3) is 0 Å². The number of hydrogen-bond acceptors (Lipinski definition) is 5. The van der Waals surface area contributed by atoms with Crippen molar-refractivity contribution in [1.29, 1.82) is 0 Å². The molecule has 1 atom stereocenters. The molecular weight excluding hydrogens is 521 g/mol. The van der Waals surface area contributed by atoms with Gasteiger partial charge in [-0.3, -0.25) is 9.59 Å². The van der Waals surface area contributed by atoms with Crippen molar-refractivity contribution >= 4 is 33.3 Å². The molecule has 1 aromatic carbocycles. The molecule has 1 N–H and O–H groups in total. The standard InChI is InChI=1S/C23H26ClF3N4O4S/c1-14-12-30(13-22(8-9-22)36(34,35)21(2,3)23(25,26)27)20(33)17-11-28-18(31(14)17)19(32)29-10-15-4-6-16(24)7-5-15/h4-7,11,14H,8-10,12-13H2,1-3H3,(H,29,32)/t14-/m0/s1. The van der Waals surface area contributed by atoms with Gasteiger partial charge in [0.25, 0.3) is 11.8 Å².